The predicted octanol–water partition coefficient (Wildman–Crippen LogP) is 2.12. The van der Waals surface area contributed by atoms with Gasteiger partial charge >= 0.3 is 6.09 Å². The van der Waals surface area contributed by atoms with E-state index < -0.39 is 6.09 Å². The number of ether oxygens (including phenoxy) is 1. The quantitative estimate of drug-likeness (QED) is 0.714. The molecular weight excluding hydrogens is 250 g/mol. The van der Waals surface area contributed by atoms with Crippen molar-refractivity contribution in [2.45, 2.75) is 20.3 Å². The third-order valence-electron chi connectivity index (χ3n) is 2.14. The van der Waals surface area contributed by atoms with Crippen molar-refractivity contribution < 1.29 is 9.53 Å². The number of nitrogens with zero attached hydrogens (tertiary/aromatic N) is 1. The van der Waals surface area contributed by atoms with Crippen LogP contribution >= 0.6 is 12.2 Å². The van der Waals surface area contributed by atoms with E-state index in [1.165, 1.54) is 0 Å². The molecule has 18 heavy (non-hydrogen) atoms. The minimum absolute atomic E-state index is 0.166. The Labute approximate surface area is 112 Å². The molecule has 98 valence electrons. The molecule has 1 unspecified atom stereocenters. The fourth-order valence-electron chi connectivity index (χ4n) is 1.27. The number of thiocarbonyl (C=S) groups is 1. The highest BCUT2D eigenvalue weighted by molar-refractivity contribution is 7.80. The fourth-order valence-corrected chi connectivity index (χ4v) is 1.46. The van der Waals surface area contributed by atoms with Crippen molar-refractivity contribution in [1.29, 1.82) is 0 Å². The minimum atomic E-state index is -0.574. The molecule has 0 aromatic carbocycles. The third-order valence-corrected chi connectivity index (χ3v) is 2.35. The van der Waals surface area contributed by atoms with Crippen LogP contribution in [0.25, 0.3) is 0 Å². The first-order chi connectivity index (χ1) is 8.61. The van der Waals surface area contributed by atoms with Gasteiger partial charge in [0.1, 0.15) is 5.84 Å². The van der Waals surface area contributed by atoms with Crippen LogP contribution in [0.15, 0.2) is 29.4 Å². The summed E-state index contributed by atoms with van der Waals surface area (Å²) in [5.41, 5.74) is 0. The topological polar surface area (TPSA) is 62.7 Å². The van der Waals surface area contributed by atoms with E-state index in [4.69, 9.17) is 17.0 Å². The lowest BCUT2D eigenvalue weighted by Crippen LogP contribution is -2.42. The maximum Gasteiger partial charge on any atom is 0.413 e. The van der Waals surface area contributed by atoms with Crippen LogP contribution in [0.1, 0.15) is 20.3 Å². The molecule has 1 amide bonds. The Morgan fingerprint density at radius 3 is 3.17 bits per heavy atom. The third kappa shape index (κ3) is 5.58. The summed E-state index contributed by atoms with van der Waals surface area (Å²) in [6, 6.07) is 0. The second-order valence-corrected chi connectivity index (χ2v) is 4.18. The average Bonchev–Trinajstić information content (AvgIpc) is 2.25. The van der Waals surface area contributed by atoms with Crippen LogP contribution in [0.2, 0.25) is 0 Å². The normalized spacial score (nSPS) is 20.1. The molecular formula is C12H17N3O2S. The molecule has 0 saturated carbocycles. The summed E-state index contributed by atoms with van der Waals surface area (Å²) in [5, 5.41) is 5.38. The predicted molar refractivity (Wildman–Crippen MR) is 75.4 cm³/mol. The van der Waals surface area contributed by atoms with Gasteiger partial charge < -0.3 is 10.1 Å². The van der Waals surface area contributed by atoms with Gasteiger partial charge in [-0.1, -0.05) is 19.1 Å². The molecule has 1 aliphatic rings. The molecule has 1 aliphatic heterocycles. The van der Waals surface area contributed by atoms with Crippen LogP contribution in [-0.2, 0) is 4.74 Å². The lowest BCUT2D eigenvalue weighted by molar-refractivity contribution is 0.158. The maximum absolute atomic E-state index is 11.1. The summed E-state index contributed by atoms with van der Waals surface area (Å²) in [6.07, 6.45) is 7.94. The first kappa shape index (κ1) is 14.4. The second kappa shape index (κ2) is 7.60. The van der Waals surface area contributed by atoms with Gasteiger partial charge in [0.2, 0.25) is 0 Å². The monoisotopic (exact) mass is 267 g/mol. The molecule has 0 spiro atoms. The van der Waals surface area contributed by atoms with E-state index in [-0.39, 0.29) is 5.11 Å². The Balaban J connectivity index is 2.51. The summed E-state index contributed by atoms with van der Waals surface area (Å²) in [7, 11) is 0. The van der Waals surface area contributed by atoms with Crippen molar-refractivity contribution >= 4 is 29.3 Å². The molecule has 1 heterocycles. The van der Waals surface area contributed by atoms with Crippen LogP contribution < -0.4 is 10.6 Å². The van der Waals surface area contributed by atoms with Crippen LogP contribution in [-0.4, -0.2) is 23.6 Å². The first-order valence-electron chi connectivity index (χ1n) is 5.77. The van der Waals surface area contributed by atoms with Gasteiger partial charge in [-0.25, -0.2) is 9.79 Å². The fraction of sp³-hybridized carbons (Fsp3) is 0.417. The first-order valence-corrected chi connectivity index (χ1v) is 6.18. The van der Waals surface area contributed by atoms with Crippen LogP contribution in [0.4, 0.5) is 4.79 Å². The maximum atomic E-state index is 11.1. The van der Waals surface area contributed by atoms with Crippen molar-refractivity contribution in [2.24, 2.45) is 10.9 Å². The number of carbonyl (C=O) groups excluding carboxylic acids is 1. The molecule has 0 aromatic rings. The van der Waals surface area contributed by atoms with Crippen molar-refractivity contribution in [3.63, 3.8) is 0 Å². The van der Waals surface area contributed by atoms with E-state index in [0.717, 1.165) is 6.42 Å². The van der Waals surface area contributed by atoms with Gasteiger partial charge in [0.25, 0.3) is 0 Å². The number of rotatable bonds is 1. The van der Waals surface area contributed by atoms with Crippen LogP contribution in [0, 0.1) is 5.92 Å². The summed E-state index contributed by atoms with van der Waals surface area (Å²) in [5.74, 6) is 1.05. The smallest absolute Gasteiger partial charge is 0.413 e. The molecule has 0 radical (unpaired) electrons. The van der Waals surface area contributed by atoms with Gasteiger partial charge in [0.05, 0.1) is 6.61 Å². The van der Waals surface area contributed by atoms with Gasteiger partial charge in [-0.2, -0.15) is 0 Å². The summed E-state index contributed by atoms with van der Waals surface area (Å²) in [6.45, 7) is 4.14. The van der Waals surface area contributed by atoms with E-state index >= 15 is 0 Å². The van der Waals surface area contributed by atoms with E-state index in [2.05, 4.69) is 22.5 Å². The Kier molecular flexibility index (Phi) is 6.07. The summed E-state index contributed by atoms with van der Waals surface area (Å²) in [4.78, 5) is 15.3. The van der Waals surface area contributed by atoms with E-state index in [1.807, 2.05) is 18.2 Å². The molecule has 1 rings (SSSR count). The van der Waals surface area contributed by atoms with E-state index in [0.29, 0.717) is 18.4 Å². The van der Waals surface area contributed by atoms with E-state index in [1.54, 1.807) is 13.1 Å². The van der Waals surface area contributed by atoms with Crippen molar-refractivity contribution in [3.05, 3.63) is 24.4 Å². The Morgan fingerprint density at radius 1 is 1.67 bits per heavy atom. The Morgan fingerprint density at radius 2 is 2.44 bits per heavy atom. The molecule has 0 saturated heterocycles. The van der Waals surface area contributed by atoms with Gasteiger partial charge in [-0.05, 0) is 37.6 Å². The van der Waals surface area contributed by atoms with Crippen molar-refractivity contribution in [2.75, 3.05) is 6.61 Å². The lowest BCUT2D eigenvalue weighted by Gasteiger charge is -2.10. The molecule has 6 heteroatoms. The molecule has 1 atom stereocenters. The zero-order valence-electron chi connectivity index (χ0n) is 10.5. The van der Waals surface area contributed by atoms with Crippen molar-refractivity contribution in [3.8, 4) is 0 Å². The minimum Gasteiger partial charge on any atom is -0.450 e. The number of aliphatic imine (C=N–C) groups is 1. The lowest BCUT2D eigenvalue weighted by atomic mass is 10.1. The second-order valence-electron chi connectivity index (χ2n) is 3.77. The molecule has 2 N–H and O–H groups in total. The van der Waals surface area contributed by atoms with Gasteiger partial charge in [0.15, 0.2) is 5.11 Å². The number of carbonyl (C=O) groups is 1. The van der Waals surface area contributed by atoms with E-state index in [9.17, 15) is 4.79 Å². The van der Waals surface area contributed by atoms with Gasteiger partial charge in [-0.3, -0.25) is 5.32 Å². The van der Waals surface area contributed by atoms with Gasteiger partial charge in [0, 0.05) is 6.20 Å². The number of allylic oxidation sites excluding steroid dienone is 2. The number of nitrogens with one attached hydrogen (secondary N) is 2. The molecule has 5 nitrogen and oxygen atoms in total. The number of amidine groups is 1. The number of alkyl carbamates (subject to hydrolysis) is 1. The molecule has 0 aliphatic carbocycles. The summed E-state index contributed by atoms with van der Waals surface area (Å²) >= 11 is 4.96. The number of hydrogen-bond donors (Lipinski definition) is 2. The zero-order chi connectivity index (χ0) is 13.4. The molecule has 0 fully saturated rings. The summed E-state index contributed by atoms with van der Waals surface area (Å²) < 4.78 is 4.71. The largest absolute Gasteiger partial charge is 0.450 e. The highest BCUT2D eigenvalue weighted by atomic mass is 32.1. The van der Waals surface area contributed by atoms with Crippen LogP contribution in [0.5, 0.6) is 0 Å². The zero-order valence-corrected chi connectivity index (χ0v) is 11.3. The highest BCUT2D eigenvalue weighted by Gasteiger charge is 2.06. The Hall–Kier alpha value is -1.69. The standard InChI is InChI=1S/C12H17N3O2S/c1-3-17-12(16)15-11(18)14-10-6-4-5-9(2)7-8-13-10/h4,6-9H,3,5H2,1-2H3,(H2,13,14,15,16,18)/b6-4?,8-7-. The van der Waals surface area contributed by atoms with Gasteiger partial charge in [-0.15, -0.1) is 0 Å². The average molecular weight is 267 g/mol. The SMILES string of the molecule is CCOC(=O)NC(=S)NC1=N/C=C\C(C)CC=C1. The van der Waals surface area contributed by atoms with Crippen molar-refractivity contribution in [1.82, 2.24) is 10.6 Å². The highest BCUT2D eigenvalue weighted by Crippen LogP contribution is 2.06. The number of amides is 1. The van der Waals surface area contributed by atoms with Crippen LogP contribution in [0.3, 0.4) is 0 Å². The number of hydrogen-bond acceptors (Lipinski definition) is 4. The molecule has 0 aromatic heterocycles. The Bertz CT molecular complexity index is 402. The molecule has 0 bridgehead atoms.